The van der Waals surface area contributed by atoms with Crippen molar-refractivity contribution < 1.29 is 13.5 Å². The van der Waals surface area contributed by atoms with E-state index in [2.05, 4.69) is 19.2 Å². The third-order valence-electron chi connectivity index (χ3n) is 4.29. The Kier molecular flexibility index (Phi) is 5.88. The fourth-order valence-electron chi connectivity index (χ4n) is 3.04. The summed E-state index contributed by atoms with van der Waals surface area (Å²) >= 11 is 5.93. The lowest BCUT2D eigenvalue weighted by Crippen LogP contribution is -2.39. The largest absolute Gasteiger partial charge is 0.390 e. The summed E-state index contributed by atoms with van der Waals surface area (Å²) in [5, 5.41) is 13.7. The third-order valence-corrected chi connectivity index (χ3v) is 6.26. The van der Waals surface area contributed by atoms with Crippen molar-refractivity contribution in [3.8, 4) is 0 Å². The van der Waals surface area contributed by atoms with Crippen LogP contribution in [0.3, 0.4) is 0 Å². The van der Waals surface area contributed by atoms with Gasteiger partial charge in [0, 0.05) is 11.1 Å². The van der Waals surface area contributed by atoms with Gasteiger partial charge in [-0.2, -0.15) is 0 Å². The van der Waals surface area contributed by atoms with Gasteiger partial charge >= 0.3 is 0 Å². The Bertz CT molecular complexity index is 586. The third kappa shape index (κ3) is 4.69. The van der Waals surface area contributed by atoms with Gasteiger partial charge in [-0.25, -0.2) is 8.42 Å². The summed E-state index contributed by atoms with van der Waals surface area (Å²) < 4.78 is 23.0. The highest BCUT2D eigenvalue weighted by Gasteiger charge is 2.35. The van der Waals surface area contributed by atoms with E-state index in [0.717, 1.165) is 11.4 Å². The highest BCUT2D eigenvalue weighted by molar-refractivity contribution is 7.91. The number of sulfone groups is 1. The molecule has 1 aliphatic rings. The van der Waals surface area contributed by atoms with Crippen molar-refractivity contribution in [2.45, 2.75) is 38.3 Å². The van der Waals surface area contributed by atoms with Gasteiger partial charge in [0.15, 0.2) is 9.84 Å². The van der Waals surface area contributed by atoms with E-state index in [1.165, 1.54) is 5.56 Å². The van der Waals surface area contributed by atoms with E-state index in [9.17, 15) is 13.5 Å². The number of hydrogen-bond donors (Lipinski definition) is 2. The molecule has 3 atom stereocenters. The molecule has 6 heteroatoms. The summed E-state index contributed by atoms with van der Waals surface area (Å²) in [7, 11) is -3.10. The van der Waals surface area contributed by atoms with E-state index in [4.69, 9.17) is 11.6 Å². The molecule has 0 spiro atoms. The monoisotopic (exact) mass is 345 g/mol. The maximum atomic E-state index is 11.5. The Morgan fingerprint density at radius 3 is 2.41 bits per heavy atom. The summed E-state index contributed by atoms with van der Waals surface area (Å²) in [5.74, 6) is 0.747. The Morgan fingerprint density at radius 2 is 1.91 bits per heavy atom. The molecule has 1 heterocycles. The van der Waals surface area contributed by atoms with Crippen molar-refractivity contribution in [2.24, 2.45) is 5.92 Å². The van der Waals surface area contributed by atoms with E-state index in [1.54, 1.807) is 0 Å². The van der Waals surface area contributed by atoms with E-state index in [0.29, 0.717) is 18.4 Å². The van der Waals surface area contributed by atoms with Gasteiger partial charge in [-0.3, -0.25) is 0 Å². The molecule has 0 saturated carbocycles. The fourth-order valence-corrected chi connectivity index (χ4v) is 4.94. The van der Waals surface area contributed by atoms with E-state index >= 15 is 0 Å². The van der Waals surface area contributed by atoms with Gasteiger partial charge in [-0.15, -0.1) is 0 Å². The number of halogens is 1. The Morgan fingerprint density at radius 1 is 1.27 bits per heavy atom. The van der Waals surface area contributed by atoms with Crippen molar-refractivity contribution in [3.05, 3.63) is 34.9 Å². The standard InChI is InChI=1S/C16H24ClNO3S/c1-11(2)14(12-3-5-13(17)6-4-12)7-8-18-15-9-22(20,21)10-16(15)19/h3-6,11,14-16,18-19H,7-10H2,1-2H3/t14-,15+,16+/m0/s1. The van der Waals surface area contributed by atoms with Gasteiger partial charge in [0.05, 0.1) is 17.6 Å². The maximum Gasteiger partial charge on any atom is 0.154 e. The van der Waals surface area contributed by atoms with E-state index in [1.807, 2.05) is 24.3 Å². The van der Waals surface area contributed by atoms with Crippen LogP contribution in [0.1, 0.15) is 31.7 Å². The first-order valence-electron chi connectivity index (χ1n) is 7.66. The normalized spacial score (nSPS) is 25.5. The van der Waals surface area contributed by atoms with Gasteiger partial charge < -0.3 is 10.4 Å². The van der Waals surface area contributed by atoms with Crippen LogP contribution in [0.15, 0.2) is 24.3 Å². The number of aliphatic hydroxyl groups excluding tert-OH is 1. The zero-order valence-corrected chi connectivity index (χ0v) is 14.6. The molecule has 1 aromatic carbocycles. The number of benzene rings is 1. The average Bonchev–Trinajstić information content (AvgIpc) is 2.68. The molecule has 22 heavy (non-hydrogen) atoms. The summed E-state index contributed by atoms with van der Waals surface area (Å²) in [4.78, 5) is 0. The summed E-state index contributed by atoms with van der Waals surface area (Å²) in [5.41, 5.74) is 1.24. The fraction of sp³-hybridized carbons (Fsp3) is 0.625. The predicted molar refractivity (Wildman–Crippen MR) is 90.1 cm³/mol. The molecule has 0 aromatic heterocycles. The lowest BCUT2D eigenvalue weighted by atomic mass is 9.86. The van der Waals surface area contributed by atoms with Crippen LogP contribution < -0.4 is 5.32 Å². The smallest absolute Gasteiger partial charge is 0.154 e. The molecule has 1 aromatic rings. The Balaban J connectivity index is 1.92. The van der Waals surface area contributed by atoms with Gasteiger partial charge in [0.25, 0.3) is 0 Å². The molecule has 0 bridgehead atoms. The molecule has 0 aliphatic carbocycles. The summed E-state index contributed by atoms with van der Waals surface area (Å²) in [6, 6.07) is 7.53. The number of nitrogens with one attached hydrogen (secondary N) is 1. The minimum absolute atomic E-state index is 0.0292. The molecule has 0 unspecified atom stereocenters. The van der Waals surface area contributed by atoms with Crippen LogP contribution in [0.25, 0.3) is 0 Å². The van der Waals surface area contributed by atoms with Crippen LogP contribution in [0.4, 0.5) is 0 Å². The molecule has 0 radical (unpaired) electrons. The highest BCUT2D eigenvalue weighted by atomic mass is 35.5. The number of hydrogen-bond acceptors (Lipinski definition) is 4. The molecular weight excluding hydrogens is 322 g/mol. The number of rotatable bonds is 6. The first-order chi connectivity index (χ1) is 10.3. The van der Waals surface area contributed by atoms with Crippen LogP contribution in [0.2, 0.25) is 5.02 Å². The van der Waals surface area contributed by atoms with Crippen molar-refractivity contribution in [1.82, 2.24) is 5.32 Å². The summed E-state index contributed by atoms with van der Waals surface area (Å²) in [6.07, 6.45) is 0.0979. The van der Waals surface area contributed by atoms with Crippen molar-refractivity contribution in [2.75, 3.05) is 18.1 Å². The average molecular weight is 346 g/mol. The maximum absolute atomic E-state index is 11.5. The molecule has 2 N–H and O–H groups in total. The number of aliphatic hydroxyl groups is 1. The van der Waals surface area contributed by atoms with E-state index in [-0.39, 0.29) is 17.5 Å². The van der Waals surface area contributed by atoms with Crippen molar-refractivity contribution >= 4 is 21.4 Å². The molecule has 2 rings (SSSR count). The Labute approximate surface area is 137 Å². The predicted octanol–water partition coefficient (Wildman–Crippen LogP) is 2.22. The van der Waals surface area contributed by atoms with Gasteiger partial charge in [0.2, 0.25) is 0 Å². The van der Waals surface area contributed by atoms with Gasteiger partial charge in [-0.05, 0) is 42.5 Å². The van der Waals surface area contributed by atoms with E-state index < -0.39 is 15.9 Å². The zero-order valence-electron chi connectivity index (χ0n) is 13.0. The molecule has 1 saturated heterocycles. The quantitative estimate of drug-likeness (QED) is 0.829. The second-order valence-corrected chi connectivity index (χ2v) is 8.99. The molecular formula is C16H24ClNO3S. The van der Waals surface area contributed by atoms with Crippen LogP contribution in [-0.4, -0.2) is 43.7 Å². The van der Waals surface area contributed by atoms with Crippen LogP contribution in [0, 0.1) is 5.92 Å². The Hall–Kier alpha value is -0.620. The lowest BCUT2D eigenvalue weighted by molar-refractivity contribution is 0.165. The first-order valence-corrected chi connectivity index (χ1v) is 9.86. The molecule has 4 nitrogen and oxygen atoms in total. The minimum Gasteiger partial charge on any atom is -0.390 e. The van der Waals surface area contributed by atoms with Gasteiger partial charge in [-0.1, -0.05) is 37.6 Å². The van der Waals surface area contributed by atoms with Gasteiger partial charge in [0.1, 0.15) is 0 Å². The molecule has 124 valence electrons. The van der Waals surface area contributed by atoms with Crippen molar-refractivity contribution in [1.29, 1.82) is 0 Å². The SMILES string of the molecule is CC(C)[C@H](CCN[C@@H]1CS(=O)(=O)C[C@H]1O)c1ccc(Cl)cc1. The second-order valence-electron chi connectivity index (χ2n) is 6.40. The highest BCUT2D eigenvalue weighted by Crippen LogP contribution is 2.28. The van der Waals surface area contributed by atoms with Crippen LogP contribution in [-0.2, 0) is 9.84 Å². The first kappa shape index (κ1) is 17.7. The summed E-state index contributed by atoms with van der Waals surface area (Å²) in [6.45, 7) is 5.03. The second kappa shape index (κ2) is 7.30. The zero-order chi connectivity index (χ0) is 16.3. The van der Waals surface area contributed by atoms with Crippen LogP contribution >= 0.6 is 11.6 Å². The van der Waals surface area contributed by atoms with Crippen molar-refractivity contribution in [3.63, 3.8) is 0 Å². The lowest BCUT2D eigenvalue weighted by Gasteiger charge is -2.23. The molecule has 1 fully saturated rings. The minimum atomic E-state index is -3.10. The van der Waals surface area contributed by atoms with Crippen LogP contribution in [0.5, 0.6) is 0 Å². The topological polar surface area (TPSA) is 66.4 Å². The molecule has 0 amide bonds. The molecule has 1 aliphatic heterocycles.